The molecule has 1 saturated heterocycles. The van der Waals surface area contributed by atoms with Crippen molar-refractivity contribution in [2.24, 2.45) is 0 Å². The lowest BCUT2D eigenvalue weighted by atomic mass is 10.1. The molecule has 0 radical (unpaired) electrons. The average Bonchev–Trinajstić information content (AvgIpc) is 3.13. The first kappa shape index (κ1) is 13.2. The van der Waals surface area contributed by atoms with Gasteiger partial charge < -0.3 is 15.2 Å². The zero-order chi connectivity index (χ0) is 13.8. The van der Waals surface area contributed by atoms with E-state index in [-0.39, 0.29) is 5.91 Å². The Morgan fingerprint density at radius 1 is 1.25 bits per heavy atom. The molecule has 2 heterocycles. The highest BCUT2D eigenvalue weighted by atomic mass is 16.2. The number of nitrogens with zero attached hydrogens (tertiary/aromatic N) is 1. The molecular weight excluding hydrogens is 250 g/mol. The first-order chi connectivity index (χ1) is 9.83. The lowest BCUT2D eigenvalue weighted by Gasteiger charge is -2.15. The van der Waals surface area contributed by atoms with Gasteiger partial charge in [-0.05, 0) is 42.0 Å². The summed E-state index contributed by atoms with van der Waals surface area (Å²) in [6.45, 7) is 3.46. The van der Waals surface area contributed by atoms with Crippen molar-refractivity contribution in [1.82, 2.24) is 15.2 Å². The summed E-state index contributed by atoms with van der Waals surface area (Å²) in [5.74, 6) is 0.288. The van der Waals surface area contributed by atoms with Crippen LogP contribution in [-0.2, 0) is 11.3 Å². The van der Waals surface area contributed by atoms with Gasteiger partial charge in [0.1, 0.15) is 0 Å². The standard InChI is InChI=1S/C16H21N3O/c20-16(19-9-1-2-10-19)6-7-17-12-13-3-4-15-14(11-13)5-8-18-15/h3-5,8,11,17-18H,1-2,6-7,9-10,12H2. The molecule has 3 rings (SSSR count). The molecule has 0 atom stereocenters. The van der Waals surface area contributed by atoms with Gasteiger partial charge in [-0.25, -0.2) is 0 Å². The van der Waals surface area contributed by atoms with E-state index in [0.717, 1.165) is 44.5 Å². The summed E-state index contributed by atoms with van der Waals surface area (Å²) in [4.78, 5) is 17.0. The molecule has 1 aromatic heterocycles. The predicted octanol–water partition coefficient (Wildman–Crippen LogP) is 2.27. The zero-order valence-electron chi connectivity index (χ0n) is 11.7. The molecule has 4 heteroatoms. The molecule has 0 spiro atoms. The van der Waals surface area contributed by atoms with Gasteiger partial charge in [0, 0.05) is 44.3 Å². The van der Waals surface area contributed by atoms with E-state index in [4.69, 9.17) is 0 Å². The maximum Gasteiger partial charge on any atom is 0.223 e. The van der Waals surface area contributed by atoms with Crippen LogP contribution in [0.1, 0.15) is 24.8 Å². The van der Waals surface area contributed by atoms with E-state index in [0.29, 0.717) is 6.42 Å². The molecule has 106 valence electrons. The van der Waals surface area contributed by atoms with Crippen molar-refractivity contribution in [2.75, 3.05) is 19.6 Å². The third-order valence-corrected chi connectivity index (χ3v) is 3.92. The molecule has 1 aliphatic heterocycles. The summed E-state index contributed by atoms with van der Waals surface area (Å²) >= 11 is 0. The quantitative estimate of drug-likeness (QED) is 0.820. The van der Waals surface area contributed by atoms with Crippen molar-refractivity contribution in [3.05, 3.63) is 36.0 Å². The van der Waals surface area contributed by atoms with Crippen molar-refractivity contribution in [3.8, 4) is 0 Å². The van der Waals surface area contributed by atoms with Gasteiger partial charge in [-0.3, -0.25) is 4.79 Å². The molecule has 2 aromatic rings. The first-order valence-electron chi connectivity index (χ1n) is 7.37. The second-order valence-electron chi connectivity index (χ2n) is 5.41. The van der Waals surface area contributed by atoms with Gasteiger partial charge in [-0.15, -0.1) is 0 Å². The van der Waals surface area contributed by atoms with Gasteiger partial charge in [0.05, 0.1) is 0 Å². The molecule has 1 fully saturated rings. The molecule has 0 saturated carbocycles. The van der Waals surface area contributed by atoms with Crippen molar-refractivity contribution >= 4 is 16.8 Å². The fraction of sp³-hybridized carbons (Fsp3) is 0.438. The van der Waals surface area contributed by atoms with Gasteiger partial charge in [-0.2, -0.15) is 0 Å². The van der Waals surface area contributed by atoms with Crippen LogP contribution in [0.5, 0.6) is 0 Å². The number of fused-ring (bicyclic) bond motifs is 1. The number of carbonyl (C=O) groups excluding carboxylic acids is 1. The first-order valence-corrected chi connectivity index (χ1v) is 7.37. The lowest BCUT2D eigenvalue weighted by molar-refractivity contribution is -0.130. The van der Waals surface area contributed by atoms with Crippen LogP contribution in [-0.4, -0.2) is 35.4 Å². The molecule has 1 amide bonds. The van der Waals surface area contributed by atoms with Crippen molar-refractivity contribution in [3.63, 3.8) is 0 Å². The van der Waals surface area contributed by atoms with Crippen LogP contribution in [0.2, 0.25) is 0 Å². The number of rotatable bonds is 5. The second kappa shape index (κ2) is 6.09. The Morgan fingerprint density at radius 2 is 2.10 bits per heavy atom. The second-order valence-corrected chi connectivity index (χ2v) is 5.41. The highest BCUT2D eigenvalue weighted by Gasteiger charge is 2.16. The van der Waals surface area contributed by atoms with E-state index in [1.54, 1.807) is 0 Å². The normalized spacial score (nSPS) is 15.1. The Hall–Kier alpha value is -1.81. The molecule has 0 aliphatic carbocycles. The van der Waals surface area contributed by atoms with Crippen molar-refractivity contribution in [2.45, 2.75) is 25.8 Å². The molecule has 0 bridgehead atoms. The minimum atomic E-state index is 0.288. The fourth-order valence-corrected chi connectivity index (χ4v) is 2.77. The number of benzene rings is 1. The molecular formula is C16H21N3O. The van der Waals surface area contributed by atoms with E-state index >= 15 is 0 Å². The number of nitrogens with one attached hydrogen (secondary N) is 2. The van der Waals surface area contributed by atoms with Gasteiger partial charge in [0.15, 0.2) is 0 Å². The third kappa shape index (κ3) is 3.02. The van der Waals surface area contributed by atoms with Gasteiger partial charge in [-0.1, -0.05) is 6.07 Å². The number of aromatic amines is 1. The Bertz CT molecular complexity index is 584. The monoisotopic (exact) mass is 271 g/mol. The van der Waals surface area contributed by atoms with Gasteiger partial charge in [0.25, 0.3) is 0 Å². The SMILES string of the molecule is O=C(CCNCc1ccc2[nH]ccc2c1)N1CCCC1. The zero-order valence-corrected chi connectivity index (χ0v) is 11.7. The molecule has 1 aromatic carbocycles. The minimum absolute atomic E-state index is 0.288. The summed E-state index contributed by atoms with van der Waals surface area (Å²) in [5, 5.41) is 4.59. The minimum Gasteiger partial charge on any atom is -0.361 e. The lowest BCUT2D eigenvalue weighted by Crippen LogP contribution is -2.30. The number of carbonyl (C=O) groups is 1. The highest BCUT2D eigenvalue weighted by Crippen LogP contribution is 2.14. The molecule has 0 unspecified atom stereocenters. The van der Waals surface area contributed by atoms with Crippen LogP contribution in [0, 0.1) is 0 Å². The summed E-state index contributed by atoms with van der Waals surface area (Å²) in [5.41, 5.74) is 2.42. The van der Waals surface area contributed by atoms with Crippen molar-refractivity contribution in [1.29, 1.82) is 0 Å². The number of aromatic nitrogens is 1. The smallest absolute Gasteiger partial charge is 0.223 e. The Morgan fingerprint density at radius 3 is 2.95 bits per heavy atom. The van der Waals surface area contributed by atoms with E-state index in [2.05, 4.69) is 34.6 Å². The van der Waals surface area contributed by atoms with Crippen LogP contribution in [0.3, 0.4) is 0 Å². The fourth-order valence-electron chi connectivity index (χ4n) is 2.77. The van der Waals surface area contributed by atoms with E-state index < -0.39 is 0 Å². The Balaban J connectivity index is 1.43. The van der Waals surface area contributed by atoms with Gasteiger partial charge in [0.2, 0.25) is 5.91 Å². The average molecular weight is 271 g/mol. The van der Waals surface area contributed by atoms with E-state index in [1.165, 1.54) is 10.9 Å². The maximum absolute atomic E-state index is 11.9. The largest absolute Gasteiger partial charge is 0.361 e. The number of likely N-dealkylation sites (tertiary alicyclic amines) is 1. The van der Waals surface area contributed by atoms with E-state index in [1.807, 2.05) is 11.1 Å². The Kier molecular flexibility index (Phi) is 4.02. The molecule has 1 aliphatic rings. The van der Waals surface area contributed by atoms with Crippen LogP contribution >= 0.6 is 0 Å². The van der Waals surface area contributed by atoms with Crippen LogP contribution in [0.25, 0.3) is 10.9 Å². The molecule has 2 N–H and O–H groups in total. The van der Waals surface area contributed by atoms with Crippen LogP contribution in [0.15, 0.2) is 30.5 Å². The number of H-pyrrole nitrogens is 1. The third-order valence-electron chi connectivity index (χ3n) is 3.92. The summed E-state index contributed by atoms with van der Waals surface area (Å²) < 4.78 is 0. The van der Waals surface area contributed by atoms with Gasteiger partial charge >= 0.3 is 0 Å². The van der Waals surface area contributed by atoms with E-state index in [9.17, 15) is 4.79 Å². The highest BCUT2D eigenvalue weighted by molar-refractivity contribution is 5.79. The Labute approximate surface area is 119 Å². The maximum atomic E-state index is 11.9. The molecule has 4 nitrogen and oxygen atoms in total. The van der Waals surface area contributed by atoms with Crippen LogP contribution in [0.4, 0.5) is 0 Å². The predicted molar refractivity (Wildman–Crippen MR) is 80.4 cm³/mol. The summed E-state index contributed by atoms with van der Waals surface area (Å²) in [7, 11) is 0. The number of hydrogen-bond acceptors (Lipinski definition) is 2. The summed E-state index contributed by atoms with van der Waals surface area (Å²) in [6, 6.07) is 8.48. The topological polar surface area (TPSA) is 48.1 Å². The number of hydrogen-bond donors (Lipinski definition) is 2. The van der Waals surface area contributed by atoms with Crippen molar-refractivity contribution < 1.29 is 4.79 Å². The molecule has 20 heavy (non-hydrogen) atoms. The number of amides is 1. The van der Waals surface area contributed by atoms with Crippen LogP contribution < -0.4 is 5.32 Å². The summed E-state index contributed by atoms with van der Waals surface area (Å²) in [6.07, 6.45) is 4.88.